The van der Waals surface area contributed by atoms with Crippen molar-refractivity contribution in [1.82, 2.24) is 4.57 Å². The molecule has 0 fully saturated rings. The van der Waals surface area contributed by atoms with Crippen LogP contribution < -0.4 is 4.80 Å². The number of thiophene rings is 1. The average molecular weight is 496 g/mol. The number of carbonyl (C=O) groups is 1. The van der Waals surface area contributed by atoms with E-state index in [-0.39, 0.29) is 22.2 Å². The Morgan fingerprint density at radius 1 is 1.31 bits per heavy atom. The number of thiazole rings is 1. The highest BCUT2D eigenvalue weighted by Gasteiger charge is 2.18. The first-order valence-corrected chi connectivity index (χ1v) is 11.6. The molecule has 6 nitrogen and oxygen atoms in total. The van der Waals surface area contributed by atoms with E-state index in [1.54, 1.807) is 13.0 Å². The van der Waals surface area contributed by atoms with Crippen LogP contribution in [0, 0.1) is 0 Å². The van der Waals surface area contributed by atoms with E-state index in [4.69, 9.17) is 16.3 Å². The molecule has 11 heteroatoms. The second kappa shape index (κ2) is 7.81. The number of hydrogen-bond donors (Lipinski definition) is 0. The number of ether oxygens (including phenoxy) is 1. The molecule has 0 atom stereocenters. The Kier molecular flexibility index (Phi) is 5.88. The van der Waals surface area contributed by atoms with E-state index in [0.29, 0.717) is 9.85 Å². The molecule has 3 aromatic rings. The number of nitrogens with zero attached hydrogens (tertiary/aromatic N) is 2. The van der Waals surface area contributed by atoms with Gasteiger partial charge in [-0.3, -0.25) is 4.79 Å². The van der Waals surface area contributed by atoms with Gasteiger partial charge in [-0.15, -0.1) is 15.7 Å². The first-order valence-electron chi connectivity index (χ1n) is 7.31. The Morgan fingerprint density at radius 3 is 2.73 bits per heavy atom. The van der Waals surface area contributed by atoms with E-state index in [2.05, 4.69) is 20.3 Å². The third-order valence-electron chi connectivity index (χ3n) is 3.24. The minimum Gasteiger partial charge on any atom is -0.465 e. The molecule has 26 heavy (non-hydrogen) atoms. The first kappa shape index (κ1) is 19.6. The van der Waals surface area contributed by atoms with E-state index in [0.717, 1.165) is 20.5 Å². The van der Waals surface area contributed by atoms with Crippen LogP contribution in [0.25, 0.3) is 10.2 Å². The van der Waals surface area contributed by atoms with Gasteiger partial charge in [-0.2, -0.15) is 8.42 Å². The molecular formula is C15H12BrClN2O4S3. The van der Waals surface area contributed by atoms with Gasteiger partial charge in [0.2, 0.25) is 4.80 Å². The molecule has 0 saturated heterocycles. The third-order valence-corrected chi connectivity index (χ3v) is 7.85. The second-order valence-electron chi connectivity index (χ2n) is 5.01. The van der Waals surface area contributed by atoms with Gasteiger partial charge in [0.15, 0.2) is 0 Å². The molecule has 0 amide bonds. The van der Waals surface area contributed by atoms with Crippen LogP contribution in [-0.4, -0.2) is 25.6 Å². The monoisotopic (exact) mass is 494 g/mol. The number of esters is 1. The molecule has 138 valence electrons. The number of carbonyl (C=O) groups excluding carboxylic acids is 1. The van der Waals surface area contributed by atoms with Crippen LogP contribution in [0.1, 0.15) is 6.92 Å². The lowest BCUT2D eigenvalue weighted by atomic mass is 10.3. The summed E-state index contributed by atoms with van der Waals surface area (Å²) in [6.45, 7) is 1.82. The van der Waals surface area contributed by atoms with Crippen molar-refractivity contribution in [3.05, 3.63) is 43.9 Å². The lowest BCUT2D eigenvalue weighted by Gasteiger charge is -2.05. The summed E-state index contributed by atoms with van der Waals surface area (Å²) in [4.78, 5) is 12.1. The Bertz CT molecular complexity index is 1150. The van der Waals surface area contributed by atoms with Gasteiger partial charge in [-0.1, -0.05) is 38.9 Å². The zero-order valence-electron chi connectivity index (χ0n) is 13.3. The van der Waals surface area contributed by atoms with E-state index < -0.39 is 16.0 Å². The first-order chi connectivity index (χ1) is 12.3. The SMILES string of the molecule is CCOC(=O)Cn1/c(=N/S(=O)(=O)c2ccc(Cl)s2)sc2cc(Br)ccc21. The number of rotatable bonds is 5. The molecule has 0 radical (unpaired) electrons. The van der Waals surface area contributed by atoms with Crippen molar-refractivity contribution < 1.29 is 17.9 Å². The number of benzene rings is 1. The van der Waals surface area contributed by atoms with Crippen molar-refractivity contribution >= 4 is 76.4 Å². The summed E-state index contributed by atoms with van der Waals surface area (Å²) < 4.78 is 37.7. The van der Waals surface area contributed by atoms with Gasteiger partial charge in [-0.25, -0.2) is 0 Å². The van der Waals surface area contributed by atoms with Crippen molar-refractivity contribution in [2.45, 2.75) is 17.7 Å². The number of sulfonamides is 1. The summed E-state index contributed by atoms with van der Waals surface area (Å²) in [6, 6.07) is 8.36. The van der Waals surface area contributed by atoms with Crippen LogP contribution in [0.3, 0.4) is 0 Å². The zero-order chi connectivity index (χ0) is 18.9. The second-order valence-corrected chi connectivity index (χ2v) is 10.5. The zero-order valence-corrected chi connectivity index (χ0v) is 18.1. The van der Waals surface area contributed by atoms with Crippen LogP contribution in [0.2, 0.25) is 4.34 Å². The molecule has 2 aromatic heterocycles. The van der Waals surface area contributed by atoms with Crippen molar-refractivity contribution in [2.24, 2.45) is 4.40 Å². The maximum Gasteiger partial charge on any atom is 0.326 e. The quantitative estimate of drug-likeness (QED) is 0.501. The lowest BCUT2D eigenvalue weighted by Crippen LogP contribution is -2.23. The topological polar surface area (TPSA) is 77.7 Å². The molecule has 0 bridgehead atoms. The Morgan fingerprint density at radius 2 is 2.08 bits per heavy atom. The Hall–Kier alpha value is -1.20. The van der Waals surface area contributed by atoms with E-state index in [9.17, 15) is 13.2 Å². The van der Waals surface area contributed by atoms with Crippen LogP contribution in [0.4, 0.5) is 0 Å². The molecular weight excluding hydrogens is 484 g/mol. The van der Waals surface area contributed by atoms with Crippen LogP contribution in [-0.2, 0) is 26.1 Å². The van der Waals surface area contributed by atoms with Crippen molar-refractivity contribution in [3.63, 3.8) is 0 Å². The fraction of sp³-hybridized carbons (Fsp3) is 0.200. The van der Waals surface area contributed by atoms with Gasteiger partial charge in [-0.05, 0) is 37.3 Å². The largest absolute Gasteiger partial charge is 0.465 e. The van der Waals surface area contributed by atoms with E-state index >= 15 is 0 Å². The van der Waals surface area contributed by atoms with Crippen LogP contribution >= 0.6 is 50.2 Å². The lowest BCUT2D eigenvalue weighted by molar-refractivity contribution is -0.143. The predicted octanol–water partition coefficient (Wildman–Crippen LogP) is 4.03. The highest BCUT2D eigenvalue weighted by atomic mass is 79.9. The summed E-state index contributed by atoms with van der Waals surface area (Å²) in [7, 11) is -3.94. The standard InChI is InChI=1S/C15H12BrClN2O4S3/c1-2-23-13(20)8-19-10-4-3-9(16)7-11(10)24-15(19)18-26(21,22)14-6-5-12(17)25-14/h3-7H,2,8H2,1H3/b18-15-. The van der Waals surface area contributed by atoms with Gasteiger partial charge in [0, 0.05) is 4.47 Å². The average Bonchev–Trinajstić information content (AvgIpc) is 3.12. The molecule has 0 aliphatic carbocycles. The maximum absolute atomic E-state index is 12.6. The van der Waals surface area contributed by atoms with Crippen LogP contribution in [0.15, 0.2) is 43.4 Å². The van der Waals surface area contributed by atoms with Gasteiger partial charge in [0.25, 0.3) is 10.0 Å². The minimum absolute atomic E-state index is 0.0452. The molecule has 1 aromatic carbocycles. The van der Waals surface area contributed by atoms with E-state index in [1.807, 2.05) is 12.1 Å². The number of halogens is 2. The molecule has 0 N–H and O–H groups in total. The van der Waals surface area contributed by atoms with Crippen molar-refractivity contribution in [3.8, 4) is 0 Å². The molecule has 2 heterocycles. The van der Waals surface area contributed by atoms with Gasteiger partial charge in [0.05, 0.1) is 21.2 Å². The highest BCUT2D eigenvalue weighted by molar-refractivity contribution is 9.10. The summed E-state index contributed by atoms with van der Waals surface area (Å²) in [5, 5.41) is 0. The fourth-order valence-corrected chi connectivity index (χ4v) is 6.43. The van der Waals surface area contributed by atoms with Gasteiger partial charge >= 0.3 is 5.97 Å². The third kappa shape index (κ3) is 4.20. The van der Waals surface area contributed by atoms with Crippen molar-refractivity contribution in [1.29, 1.82) is 0 Å². The van der Waals surface area contributed by atoms with Crippen molar-refractivity contribution in [2.75, 3.05) is 6.61 Å². The summed E-state index contributed by atoms with van der Waals surface area (Å²) in [5.41, 5.74) is 0.699. The molecule has 0 spiro atoms. The molecule has 0 aliphatic rings. The molecule has 0 unspecified atom stereocenters. The smallest absolute Gasteiger partial charge is 0.326 e. The number of fused-ring (bicyclic) bond motifs is 1. The minimum atomic E-state index is -3.94. The molecule has 3 rings (SSSR count). The van der Waals surface area contributed by atoms with Crippen LogP contribution in [0.5, 0.6) is 0 Å². The number of hydrogen-bond acceptors (Lipinski definition) is 6. The highest BCUT2D eigenvalue weighted by Crippen LogP contribution is 2.27. The number of aromatic nitrogens is 1. The van der Waals surface area contributed by atoms with Gasteiger partial charge < -0.3 is 9.30 Å². The molecule has 0 saturated carbocycles. The maximum atomic E-state index is 12.6. The Labute approximate surface area is 170 Å². The summed E-state index contributed by atoms with van der Waals surface area (Å²) >= 11 is 11.3. The Balaban J connectivity index is 2.19. The summed E-state index contributed by atoms with van der Waals surface area (Å²) in [5.74, 6) is -0.465. The normalized spacial score (nSPS) is 12.7. The predicted molar refractivity (Wildman–Crippen MR) is 106 cm³/mol. The van der Waals surface area contributed by atoms with Gasteiger partial charge in [0.1, 0.15) is 10.8 Å². The summed E-state index contributed by atoms with van der Waals surface area (Å²) in [6.07, 6.45) is 0. The molecule has 0 aliphatic heterocycles. The fourth-order valence-electron chi connectivity index (χ4n) is 2.19. The van der Waals surface area contributed by atoms with E-state index in [1.165, 1.54) is 28.0 Å².